The third-order valence-electron chi connectivity index (χ3n) is 4.13. The number of piperazine rings is 1. The van der Waals surface area contributed by atoms with E-state index in [1.54, 1.807) is 11.1 Å². The van der Waals surface area contributed by atoms with E-state index in [-0.39, 0.29) is 0 Å². The molecule has 1 N–H and O–H groups in total. The van der Waals surface area contributed by atoms with Crippen LogP contribution in [0.15, 0.2) is 18.2 Å². The second kappa shape index (κ2) is 3.86. The van der Waals surface area contributed by atoms with Crippen LogP contribution in [-0.2, 0) is 6.42 Å². The van der Waals surface area contributed by atoms with E-state index < -0.39 is 0 Å². The standard InChI is InChI=1S/C14H20N2/c1-10-3-4-11-5-6-13-14(12(11)9-10)15-7-8-16(13)2/h3-4,9,13-15H,5-8H2,1-2H3. The van der Waals surface area contributed by atoms with E-state index in [0.717, 1.165) is 6.54 Å². The molecule has 86 valence electrons. The van der Waals surface area contributed by atoms with Crippen LogP contribution in [0.5, 0.6) is 0 Å². The molecule has 1 aliphatic heterocycles. The summed E-state index contributed by atoms with van der Waals surface area (Å²) in [7, 11) is 2.26. The van der Waals surface area contributed by atoms with Gasteiger partial charge in [0.15, 0.2) is 0 Å². The van der Waals surface area contributed by atoms with Gasteiger partial charge in [-0.3, -0.25) is 0 Å². The summed E-state index contributed by atoms with van der Waals surface area (Å²) in [4.78, 5) is 2.52. The molecule has 1 saturated heterocycles. The molecule has 1 heterocycles. The van der Waals surface area contributed by atoms with Gasteiger partial charge in [-0.1, -0.05) is 23.8 Å². The molecular formula is C14H20N2. The Labute approximate surface area is 97.6 Å². The molecule has 2 heteroatoms. The summed E-state index contributed by atoms with van der Waals surface area (Å²) in [5.74, 6) is 0. The van der Waals surface area contributed by atoms with Crippen LogP contribution in [-0.4, -0.2) is 31.1 Å². The Morgan fingerprint density at radius 1 is 1.38 bits per heavy atom. The van der Waals surface area contributed by atoms with Crippen LogP contribution in [0.4, 0.5) is 0 Å². The lowest BCUT2D eigenvalue weighted by Crippen LogP contribution is -2.53. The predicted molar refractivity (Wildman–Crippen MR) is 66.7 cm³/mol. The molecule has 0 saturated carbocycles. The number of fused-ring (bicyclic) bond motifs is 3. The average molecular weight is 216 g/mol. The highest BCUT2D eigenvalue weighted by atomic mass is 15.2. The number of likely N-dealkylation sites (N-methyl/N-ethyl adjacent to an activating group) is 1. The van der Waals surface area contributed by atoms with Crippen LogP contribution in [0.2, 0.25) is 0 Å². The van der Waals surface area contributed by atoms with Crippen molar-refractivity contribution in [2.45, 2.75) is 31.8 Å². The lowest BCUT2D eigenvalue weighted by Gasteiger charge is -2.43. The number of rotatable bonds is 0. The summed E-state index contributed by atoms with van der Waals surface area (Å²) in [6.07, 6.45) is 2.53. The van der Waals surface area contributed by atoms with Crippen molar-refractivity contribution in [3.63, 3.8) is 0 Å². The molecule has 2 nitrogen and oxygen atoms in total. The molecule has 0 bridgehead atoms. The maximum absolute atomic E-state index is 3.69. The lowest BCUT2D eigenvalue weighted by molar-refractivity contribution is 0.134. The molecule has 1 fully saturated rings. The maximum atomic E-state index is 3.69. The molecular weight excluding hydrogens is 196 g/mol. The fourth-order valence-corrected chi connectivity index (χ4v) is 3.19. The van der Waals surface area contributed by atoms with E-state index in [4.69, 9.17) is 0 Å². The SMILES string of the molecule is Cc1ccc2c(c1)C1NCCN(C)C1CC2. The number of nitrogens with one attached hydrogen (secondary N) is 1. The first kappa shape index (κ1) is 10.3. The van der Waals surface area contributed by atoms with Gasteiger partial charge < -0.3 is 10.2 Å². The highest BCUT2D eigenvalue weighted by molar-refractivity contribution is 5.37. The molecule has 0 radical (unpaired) electrons. The number of benzene rings is 1. The summed E-state index contributed by atoms with van der Waals surface area (Å²) < 4.78 is 0. The number of hydrogen-bond donors (Lipinski definition) is 1. The molecule has 2 aliphatic rings. The van der Waals surface area contributed by atoms with E-state index in [0.29, 0.717) is 12.1 Å². The fraction of sp³-hybridized carbons (Fsp3) is 0.571. The molecule has 1 aromatic carbocycles. The van der Waals surface area contributed by atoms with Gasteiger partial charge in [0.25, 0.3) is 0 Å². The first-order valence-corrected chi connectivity index (χ1v) is 6.29. The zero-order valence-electron chi connectivity index (χ0n) is 10.2. The Morgan fingerprint density at radius 3 is 3.12 bits per heavy atom. The van der Waals surface area contributed by atoms with Crippen molar-refractivity contribution in [1.29, 1.82) is 0 Å². The van der Waals surface area contributed by atoms with Crippen molar-refractivity contribution in [3.8, 4) is 0 Å². The smallest absolute Gasteiger partial charge is 0.0481 e. The van der Waals surface area contributed by atoms with Crippen molar-refractivity contribution in [1.82, 2.24) is 10.2 Å². The largest absolute Gasteiger partial charge is 0.307 e. The Morgan fingerprint density at radius 2 is 2.25 bits per heavy atom. The maximum Gasteiger partial charge on any atom is 0.0481 e. The Kier molecular flexibility index (Phi) is 2.49. The second-order valence-corrected chi connectivity index (χ2v) is 5.22. The lowest BCUT2D eigenvalue weighted by atomic mass is 9.81. The molecule has 2 unspecified atom stereocenters. The van der Waals surface area contributed by atoms with Gasteiger partial charge in [0, 0.05) is 25.2 Å². The third-order valence-corrected chi connectivity index (χ3v) is 4.13. The molecule has 16 heavy (non-hydrogen) atoms. The molecule has 0 spiro atoms. The van der Waals surface area contributed by atoms with Crippen molar-refractivity contribution in [3.05, 3.63) is 34.9 Å². The number of hydrogen-bond acceptors (Lipinski definition) is 2. The van der Waals surface area contributed by atoms with Crippen molar-refractivity contribution < 1.29 is 0 Å². The topological polar surface area (TPSA) is 15.3 Å². The predicted octanol–water partition coefficient (Wildman–Crippen LogP) is 1.89. The molecule has 3 rings (SSSR count). The molecule has 0 aromatic heterocycles. The minimum atomic E-state index is 0.558. The Bertz CT molecular complexity index is 400. The van der Waals surface area contributed by atoms with Crippen LogP contribution < -0.4 is 5.32 Å². The van der Waals surface area contributed by atoms with Crippen LogP contribution >= 0.6 is 0 Å². The van der Waals surface area contributed by atoms with Gasteiger partial charge in [0.2, 0.25) is 0 Å². The molecule has 0 amide bonds. The Balaban J connectivity index is 2.01. The Hall–Kier alpha value is -0.860. The number of aryl methyl sites for hydroxylation is 2. The molecule has 2 atom stereocenters. The van der Waals surface area contributed by atoms with Gasteiger partial charge in [0.05, 0.1) is 0 Å². The van der Waals surface area contributed by atoms with Gasteiger partial charge in [0.1, 0.15) is 0 Å². The fourth-order valence-electron chi connectivity index (χ4n) is 3.19. The van der Waals surface area contributed by atoms with Crippen LogP contribution in [0, 0.1) is 6.92 Å². The van der Waals surface area contributed by atoms with Gasteiger partial charge in [-0.25, -0.2) is 0 Å². The summed E-state index contributed by atoms with van der Waals surface area (Å²) in [6, 6.07) is 8.19. The van der Waals surface area contributed by atoms with E-state index in [1.165, 1.54) is 24.9 Å². The minimum Gasteiger partial charge on any atom is -0.307 e. The molecule has 1 aliphatic carbocycles. The summed E-state index contributed by atoms with van der Waals surface area (Å²) in [5.41, 5.74) is 4.48. The monoisotopic (exact) mass is 216 g/mol. The third kappa shape index (κ3) is 1.57. The zero-order valence-corrected chi connectivity index (χ0v) is 10.2. The number of nitrogens with zero attached hydrogens (tertiary/aromatic N) is 1. The normalized spacial score (nSPS) is 29.6. The van der Waals surface area contributed by atoms with Gasteiger partial charge in [-0.05, 0) is 37.9 Å². The highest BCUT2D eigenvalue weighted by Crippen LogP contribution is 2.34. The van der Waals surface area contributed by atoms with Crippen molar-refractivity contribution in [2.24, 2.45) is 0 Å². The van der Waals surface area contributed by atoms with Crippen molar-refractivity contribution in [2.75, 3.05) is 20.1 Å². The first-order valence-electron chi connectivity index (χ1n) is 6.29. The minimum absolute atomic E-state index is 0.558. The summed E-state index contributed by atoms with van der Waals surface area (Å²) in [6.45, 7) is 4.49. The van der Waals surface area contributed by atoms with E-state index in [9.17, 15) is 0 Å². The summed E-state index contributed by atoms with van der Waals surface area (Å²) >= 11 is 0. The van der Waals surface area contributed by atoms with Gasteiger partial charge >= 0.3 is 0 Å². The van der Waals surface area contributed by atoms with Crippen LogP contribution in [0.1, 0.15) is 29.2 Å². The van der Waals surface area contributed by atoms with Gasteiger partial charge in [-0.15, -0.1) is 0 Å². The average Bonchev–Trinajstić information content (AvgIpc) is 2.29. The zero-order chi connectivity index (χ0) is 11.1. The van der Waals surface area contributed by atoms with E-state index in [1.807, 2.05) is 0 Å². The second-order valence-electron chi connectivity index (χ2n) is 5.22. The van der Waals surface area contributed by atoms with E-state index in [2.05, 4.69) is 42.4 Å². The summed E-state index contributed by atoms with van der Waals surface area (Å²) in [5, 5.41) is 3.69. The quantitative estimate of drug-likeness (QED) is 0.712. The van der Waals surface area contributed by atoms with Crippen LogP contribution in [0.3, 0.4) is 0 Å². The highest BCUT2D eigenvalue weighted by Gasteiger charge is 2.34. The van der Waals surface area contributed by atoms with E-state index >= 15 is 0 Å². The van der Waals surface area contributed by atoms with Gasteiger partial charge in [-0.2, -0.15) is 0 Å². The molecule has 1 aromatic rings. The van der Waals surface area contributed by atoms with Crippen LogP contribution in [0.25, 0.3) is 0 Å². The first-order chi connectivity index (χ1) is 7.75. The van der Waals surface area contributed by atoms with Crippen molar-refractivity contribution >= 4 is 0 Å².